The lowest BCUT2D eigenvalue weighted by molar-refractivity contribution is 0.414. The van der Waals surface area contributed by atoms with E-state index in [4.69, 9.17) is 16.3 Å². The lowest BCUT2D eigenvalue weighted by Gasteiger charge is -2.07. The van der Waals surface area contributed by atoms with Crippen LogP contribution in [0.25, 0.3) is 0 Å². The molecular weight excluding hydrogens is 348 g/mol. The zero-order chi connectivity index (χ0) is 18.5. The van der Waals surface area contributed by atoms with E-state index in [0.717, 1.165) is 22.4 Å². The summed E-state index contributed by atoms with van der Waals surface area (Å²) in [6.07, 6.45) is 1.52. The fraction of sp³-hybridized carbons (Fsp3) is 0.143. The Morgan fingerprint density at radius 3 is 2.54 bits per heavy atom. The highest BCUT2D eigenvalue weighted by Gasteiger charge is 2.07. The molecule has 0 atom stereocenters. The normalized spacial score (nSPS) is 10.1. The molecule has 0 aliphatic rings. The number of hydrogen-bond acceptors (Lipinski definition) is 3. The van der Waals surface area contributed by atoms with Crippen molar-refractivity contribution in [2.45, 2.75) is 13.5 Å². The molecule has 0 aliphatic heterocycles. The average molecular weight is 365 g/mol. The van der Waals surface area contributed by atoms with Crippen molar-refractivity contribution in [3.8, 4) is 17.6 Å². The Labute approximate surface area is 157 Å². The third-order valence-corrected chi connectivity index (χ3v) is 4.10. The van der Waals surface area contributed by atoms with Crippen LogP contribution in [0.4, 0.5) is 0 Å². The summed E-state index contributed by atoms with van der Waals surface area (Å²) in [6, 6.07) is 15.2. The number of hydrogen-bond donors (Lipinski definition) is 0. The number of methoxy groups -OCH3 is 1. The molecule has 5 heteroatoms. The van der Waals surface area contributed by atoms with E-state index in [2.05, 4.69) is 16.8 Å². The summed E-state index contributed by atoms with van der Waals surface area (Å²) in [5.74, 6) is 6.62. The lowest BCUT2D eigenvalue weighted by atomic mass is 10.1. The van der Waals surface area contributed by atoms with Gasteiger partial charge in [0.2, 0.25) is 0 Å². The van der Waals surface area contributed by atoms with E-state index in [1.807, 2.05) is 55.5 Å². The van der Waals surface area contributed by atoms with E-state index in [0.29, 0.717) is 6.54 Å². The first-order valence-electron chi connectivity index (χ1n) is 8.04. The Kier molecular flexibility index (Phi) is 5.40. The van der Waals surface area contributed by atoms with E-state index in [1.54, 1.807) is 7.11 Å². The van der Waals surface area contributed by atoms with Crippen LogP contribution in [-0.2, 0) is 6.54 Å². The van der Waals surface area contributed by atoms with Crippen molar-refractivity contribution in [1.82, 2.24) is 9.55 Å². The second-order valence-electron chi connectivity index (χ2n) is 5.76. The van der Waals surface area contributed by atoms with Gasteiger partial charge in [0, 0.05) is 11.8 Å². The minimum atomic E-state index is -0.272. The summed E-state index contributed by atoms with van der Waals surface area (Å²) >= 11 is 6.09. The largest absolute Gasteiger partial charge is 0.497 e. The molecule has 0 unspecified atom stereocenters. The van der Waals surface area contributed by atoms with Gasteiger partial charge in [-0.05, 0) is 42.2 Å². The molecule has 26 heavy (non-hydrogen) atoms. The van der Waals surface area contributed by atoms with Gasteiger partial charge in [0.25, 0.3) is 5.56 Å². The van der Waals surface area contributed by atoms with Gasteiger partial charge in [-0.15, -0.1) is 0 Å². The van der Waals surface area contributed by atoms with Gasteiger partial charge in [-0.25, -0.2) is 4.98 Å². The molecule has 1 aromatic heterocycles. The predicted molar refractivity (Wildman–Crippen MR) is 103 cm³/mol. The van der Waals surface area contributed by atoms with Crippen LogP contribution >= 0.6 is 11.6 Å². The molecule has 0 saturated heterocycles. The Morgan fingerprint density at radius 2 is 1.85 bits per heavy atom. The number of ether oxygens (including phenoxy) is 1. The molecule has 130 valence electrons. The highest BCUT2D eigenvalue weighted by molar-refractivity contribution is 6.29. The second kappa shape index (κ2) is 7.90. The quantitative estimate of drug-likeness (QED) is 0.666. The number of benzene rings is 2. The van der Waals surface area contributed by atoms with Crippen molar-refractivity contribution < 1.29 is 4.74 Å². The minimum absolute atomic E-state index is 0.134. The van der Waals surface area contributed by atoms with E-state index in [-0.39, 0.29) is 16.4 Å². The fourth-order valence-electron chi connectivity index (χ4n) is 2.47. The molecule has 0 radical (unpaired) electrons. The zero-order valence-electron chi connectivity index (χ0n) is 14.5. The molecule has 3 rings (SSSR count). The summed E-state index contributed by atoms with van der Waals surface area (Å²) < 4.78 is 6.66. The van der Waals surface area contributed by atoms with Crippen molar-refractivity contribution in [3.63, 3.8) is 0 Å². The Hall–Kier alpha value is -3.03. The lowest BCUT2D eigenvalue weighted by Crippen LogP contribution is -2.24. The van der Waals surface area contributed by atoms with Crippen LogP contribution in [0.1, 0.15) is 22.4 Å². The minimum Gasteiger partial charge on any atom is -0.497 e. The molecule has 3 aromatic rings. The zero-order valence-corrected chi connectivity index (χ0v) is 15.2. The third-order valence-electron chi connectivity index (χ3n) is 3.92. The van der Waals surface area contributed by atoms with Gasteiger partial charge in [0.05, 0.1) is 13.7 Å². The van der Waals surface area contributed by atoms with Gasteiger partial charge < -0.3 is 9.30 Å². The van der Waals surface area contributed by atoms with Gasteiger partial charge in [-0.3, -0.25) is 4.79 Å². The number of aryl methyl sites for hydroxylation is 1. The molecule has 0 saturated carbocycles. The van der Waals surface area contributed by atoms with Crippen molar-refractivity contribution in [2.75, 3.05) is 7.11 Å². The molecule has 0 fully saturated rings. The first kappa shape index (κ1) is 17.8. The van der Waals surface area contributed by atoms with Crippen molar-refractivity contribution in [1.29, 1.82) is 0 Å². The highest BCUT2D eigenvalue weighted by atomic mass is 35.5. The van der Waals surface area contributed by atoms with Crippen LogP contribution in [0.2, 0.25) is 5.15 Å². The fourth-order valence-corrected chi connectivity index (χ4v) is 2.68. The predicted octanol–water partition coefficient (Wildman–Crippen LogP) is 3.66. The number of rotatable bonds is 3. The standard InChI is InChI=1S/C21H17ClN2O2/c1-15-5-3-4-6-17(15)9-12-19-21(25)24(14-20(22)23-19)13-16-7-10-18(26-2)11-8-16/h3-8,10-11,14H,13H2,1-2H3. The topological polar surface area (TPSA) is 44.1 Å². The van der Waals surface area contributed by atoms with E-state index in [9.17, 15) is 4.79 Å². The van der Waals surface area contributed by atoms with Crippen LogP contribution in [0, 0.1) is 18.8 Å². The molecule has 0 spiro atoms. The SMILES string of the molecule is COc1ccc(Cn2cc(Cl)nc(C#Cc3ccccc3C)c2=O)cc1. The molecular formula is C21H17ClN2O2. The maximum Gasteiger partial charge on any atom is 0.285 e. The van der Waals surface area contributed by atoms with Gasteiger partial charge >= 0.3 is 0 Å². The van der Waals surface area contributed by atoms with E-state index in [1.165, 1.54) is 10.8 Å². The smallest absolute Gasteiger partial charge is 0.285 e. The van der Waals surface area contributed by atoms with Crippen LogP contribution in [-0.4, -0.2) is 16.7 Å². The van der Waals surface area contributed by atoms with Crippen molar-refractivity contribution in [3.05, 3.63) is 92.6 Å². The monoisotopic (exact) mass is 364 g/mol. The first-order valence-corrected chi connectivity index (χ1v) is 8.42. The summed E-state index contributed by atoms with van der Waals surface area (Å²) in [5, 5.41) is 0.229. The maximum absolute atomic E-state index is 12.7. The van der Waals surface area contributed by atoms with Crippen molar-refractivity contribution >= 4 is 11.6 Å². The third kappa shape index (κ3) is 4.14. The molecule has 0 amide bonds. The van der Waals surface area contributed by atoms with Gasteiger partial charge in [-0.2, -0.15) is 0 Å². The van der Waals surface area contributed by atoms with Gasteiger partial charge in [0.1, 0.15) is 10.9 Å². The number of aromatic nitrogens is 2. The number of nitrogens with zero attached hydrogens (tertiary/aromatic N) is 2. The Bertz CT molecular complexity index is 1040. The molecule has 4 nitrogen and oxygen atoms in total. The summed E-state index contributed by atoms with van der Waals surface area (Å²) in [4.78, 5) is 16.8. The van der Waals surface area contributed by atoms with E-state index < -0.39 is 0 Å². The van der Waals surface area contributed by atoms with E-state index >= 15 is 0 Å². The maximum atomic E-state index is 12.7. The number of halogens is 1. The van der Waals surface area contributed by atoms with Crippen LogP contribution < -0.4 is 10.3 Å². The summed E-state index contributed by atoms with van der Waals surface area (Å²) in [5.41, 5.74) is 2.71. The summed E-state index contributed by atoms with van der Waals surface area (Å²) in [6.45, 7) is 2.35. The Morgan fingerprint density at radius 1 is 1.12 bits per heavy atom. The van der Waals surface area contributed by atoms with Crippen LogP contribution in [0.5, 0.6) is 5.75 Å². The van der Waals surface area contributed by atoms with Crippen molar-refractivity contribution in [2.24, 2.45) is 0 Å². The molecule has 0 N–H and O–H groups in total. The average Bonchev–Trinajstić information content (AvgIpc) is 2.65. The molecule has 2 aromatic carbocycles. The van der Waals surface area contributed by atoms with Crippen LogP contribution in [0.3, 0.4) is 0 Å². The molecule has 1 heterocycles. The highest BCUT2D eigenvalue weighted by Crippen LogP contribution is 2.12. The molecule has 0 bridgehead atoms. The second-order valence-corrected chi connectivity index (χ2v) is 6.15. The van der Waals surface area contributed by atoms with Crippen LogP contribution in [0.15, 0.2) is 59.5 Å². The Balaban J connectivity index is 1.94. The van der Waals surface area contributed by atoms with Gasteiger partial charge in [-0.1, -0.05) is 47.9 Å². The van der Waals surface area contributed by atoms with Gasteiger partial charge in [0.15, 0.2) is 5.69 Å². The molecule has 0 aliphatic carbocycles. The summed E-state index contributed by atoms with van der Waals surface area (Å²) in [7, 11) is 1.61. The first-order chi connectivity index (χ1) is 12.6.